The zero-order valence-corrected chi connectivity index (χ0v) is 10.2. The highest BCUT2D eigenvalue weighted by Crippen LogP contribution is 2.35. The second-order valence-electron chi connectivity index (χ2n) is 3.24. The third-order valence-corrected chi connectivity index (χ3v) is 3.43. The Morgan fingerprint density at radius 1 is 1.31 bits per heavy atom. The Morgan fingerprint density at radius 2 is 2.12 bits per heavy atom. The van der Waals surface area contributed by atoms with Crippen molar-refractivity contribution < 1.29 is 0 Å². The van der Waals surface area contributed by atoms with Crippen molar-refractivity contribution in [2.45, 2.75) is 17.0 Å². The molecule has 0 bridgehead atoms. The summed E-state index contributed by atoms with van der Waals surface area (Å²) in [7, 11) is 0. The molecule has 82 valence electrons. The van der Waals surface area contributed by atoms with Crippen molar-refractivity contribution in [1.29, 1.82) is 0 Å². The first kappa shape index (κ1) is 11.2. The lowest BCUT2D eigenvalue weighted by Gasteiger charge is -2.06. The summed E-state index contributed by atoms with van der Waals surface area (Å²) in [5.41, 5.74) is 7.41. The van der Waals surface area contributed by atoms with Crippen LogP contribution in [0.5, 0.6) is 0 Å². The first-order valence-electron chi connectivity index (χ1n) is 4.68. The fourth-order valence-electron chi connectivity index (χ4n) is 1.20. The first-order valence-corrected chi connectivity index (χ1v) is 5.88. The van der Waals surface area contributed by atoms with Gasteiger partial charge in [-0.15, -0.1) is 0 Å². The van der Waals surface area contributed by atoms with Crippen molar-refractivity contribution in [1.82, 2.24) is 9.97 Å². The second kappa shape index (κ2) is 4.72. The van der Waals surface area contributed by atoms with Crippen LogP contribution in [0, 0.1) is 6.92 Å². The number of hydrogen-bond acceptors (Lipinski definition) is 4. The maximum atomic E-state index is 6.06. The summed E-state index contributed by atoms with van der Waals surface area (Å²) in [6.07, 6.45) is 1.72. The Labute approximate surface area is 103 Å². The molecule has 0 unspecified atom stereocenters. The predicted octanol–water partition coefficient (Wildman–Crippen LogP) is 3.17. The minimum atomic E-state index is 0.620. The van der Waals surface area contributed by atoms with Gasteiger partial charge in [-0.05, 0) is 36.9 Å². The predicted molar refractivity (Wildman–Crippen MR) is 66.8 cm³/mol. The minimum Gasteiger partial charge on any atom is -0.398 e. The van der Waals surface area contributed by atoms with Crippen LogP contribution in [-0.2, 0) is 0 Å². The van der Waals surface area contributed by atoms with E-state index >= 15 is 0 Å². The Bertz CT molecular complexity index is 496. The van der Waals surface area contributed by atoms with Crippen LogP contribution in [0.1, 0.15) is 5.69 Å². The van der Waals surface area contributed by atoms with Crippen molar-refractivity contribution in [3.8, 4) is 0 Å². The van der Waals surface area contributed by atoms with E-state index in [9.17, 15) is 0 Å². The molecule has 0 aliphatic carbocycles. The maximum Gasteiger partial charge on any atom is 0.192 e. The fraction of sp³-hybridized carbons (Fsp3) is 0.0909. The van der Waals surface area contributed by atoms with Gasteiger partial charge in [-0.1, -0.05) is 17.7 Å². The summed E-state index contributed by atoms with van der Waals surface area (Å²) in [5.74, 6) is 0. The standard InChI is InChI=1S/C11H10ClN3S/c1-7-5-6-14-11(15-7)16-10-8(12)3-2-4-9(10)13/h2-6H,13H2,1H3. The van der Waals surface area contributed by atoms with E-state index in [2.05, 4.69) is 9.97 Å². The molecule has 1 aromatic carbocycles. The molecule has 3 nitrogen and oxygen atoms in total. The molecule has 1 heterocycles. The lowest BCUT2D eigenvalue weighted by molar-refractivity contribution is 0.932. The number of benzene rings is 1. The number of aryl methyl sites for hydroxylation is 1. The molecule has 0 spiro atoms. The van der Waals surface area contributed by atoms with Gasteiger partial charge in [0.15, 0.2) is 5.16 Å². The Hall–Kier alpha value is -1.26. The van der Waals surface area contributed by atoms with Crippen LogP contribution < -0.4 is 5.73 Å². The van der Waals surface area contributed by atoms with Gasteiger partial charge in [-0.2, -0.15) is 0 Å². The average Bonchev–Trinajstić information content (AvgIpc) is 2.24. The summed E-state index contributed by atoms with van der Waals surface area (Å²) in [5, 5.41) is 1.27. The van der Waals surface area contributed by atoms with Crippen molar-refractivity contribution in [2.75, 3.05) is 5.73 Å². The summed E-state index contributed by atoms with van der Waals surface area (Å²) in [4.78, 5) is 9.24. The quantitative estimate of drug-likeness (QED) is 0.658. The maximum absolute atomic E-state index is 6.06. The third-order valence-electron chi connectivity index (χ3n) is 1.96. The van der Waals surface area contributed by atoms with Crippen LogP contribution in [0.2, 0.25) is 5.02 Å². The van der Waals surface area contributed by atoms with Crippen LogP contribution in [0.25, 0.3) is 0 Å². The molecule has 2 N–H and O–H groups in total. The molecule has 16 heavy (non-hydrogen) atoms. The van der Waals surface area contributed by atoms with E-state index in [1.165, 1.54) is 11.8 Å². The molecule has 0 atom stereocenters. The number of anilines is 1. The normalized spacial score (nSPS) is 10.4. The lowest BCUT2D eigenvalue weighted by atomic mass is 10.3. The van der Waals surface area contributed by atoms with Crippen LogP contribution in [0.3, 0.4) is 0 Å². The van der Waals surface area contributed by atoms with Gasteiger partial charge in [0, 0.05) is 17.6 Å². The van der Waals surface area contributed by atoms with Gasteiger partial charge in [0.25, 0.3) is 0 Å². The fourth-order valence-corrected chi connectivity index (χ4v) is 2.33. The topological polar surface area (TPSA) is 51.8 Å². The molecule has 1 aromatic heterocycles. The summed E-state index contributed by atoms with van der Waals surface area (Å²) >= 11 is 7.44. The number of nitrogens with zero attached hydrogens (tertiary/aromatic N) is 2. The van der Waals surface area contributed by atoms with Crippen molar-refractivity contribution in [3.63, 3.8) is 0 Å². The van der Waals surface area contributed by atoms with Crippen molar-refractivity contribution in [3.05, 3.63) is 41.2 Å². The Balaban J connectivity index is 2.34. The van der Waals surface area contributed by atoms with E-state index in [-0.39, 0.29) is 0 Å². The van der Waals surface area contributed by atoms with E-state index in [1.54, 1.807) is 12.3 Å². The van der Waals surface area contributed by atoms with E-state index in [0.717, 1.165) is 10.6 Å². The van der Waals surface area contributed by atoms with E-state index in [4.69, 9.17) is 17.3 Å². The van der Waals surface area contributed by atoms with Crippen LogP contribution in [0.4, 0.5) is 5.69 Å². The average molecular weight is 252 g/mol. The third kappa shape index (κ3) is 2.46. The molecule has 0 aliphatic heterocycles. The number of rotatable bonds is 2. The molecule has 0 saturated carbocycles. The zero-order valence-electron chi connectivity index (χ0n) is 8.64. The number of nitrogens with two attached hydrogens (primary N) is 1. The monoisotopic (exact) mass is 251 g/mol. The number of hydrogen-bond donors (Lipinski definition) is 1. The highest BCUT2D eigenvalue weighted by molar-refractivity contribution is 7.99. The van der Waals surface area contributed by atoms with E-state index in [1.807, 2.05) is 25.1 Å². The lowest BCUT2D eigenvalue weighted by Crippen LogP contribution is -1.92. The second-order valence-corrected chi connectivity index (χ2v) is 4.63. The molecule has 5 heteroatoms. The Morgan fingerprint density at radius 3 is 2.81 bits per heavy atom. The highest BCUT2D eigenvalue weighted by atomic mass is 35.5. The van der Waals surface area contributed by atoms with E-state index in [0.29, 0.717) is 15.9 Å². The largest absolute Gasteiger partial charge is 0.398 e. The molecule has 2 rings (SSSR count). The smallest absolute Gasteiger partial charge is 0.192 e. The van der Waals surface area contributed by atoms with Gasteiger partial charge in [0.1, 0.15) is 0 Å². The van der Waals surface area contributed by atoms with Gasteiger partial charge in [-0.3, -0.25) is 0 Å². The SMILES string of the molecule is Cc1ccnc(Sc2c(N)cccc2Cl)n1. The molecular weight excluding hydrogens is 242 g/mol. The molecule has 0 aliphatic rings. The van der Waals surface area contributed by atoms with Gasteiger partial charge >= 0.3 is 0 Å². The highest BCUT2D eigenvalue weighted by Gasteiger charge is 2.08. The number of nitrogen functional groups attached to an aromatic ring is 1. The van der Waals surface area contributed by atoms with Crippen LogP contribution in [0.15, 0.2) is 40.5 Å². The Kier molecular flexibility index (Phi) is 3.31. The van der Waals surface area contributed by atoms with Gasteiger partial charge < -0.3 is 5.73 Å². The number of halogens is 1. The van der Waals surface area contributed by atoms with E-state index < -0.39 is 0 Å². The minimum absolute atomic E-state index is 0.620. The van der Waals surface area contributed by atoms with Gasteiger partial charge in [0.05, 0.1) is 9.92 Å². The number of aromatic nitrogens is 2. The molecule has 0 amide bonds. The molecule has 0 fully saturated rings. The summed E-state index contributed by atoms with van der Waals surface area (Å²) < 4.78 is 0. The first-order chi connectivity index (χ1) is 7.66. The van der Waals surface area contributed by atoms with Crippen molar-refractivity contribution >= 4 is 29.1 Å². The molecule has 0 radical (unpaired) electrons. The zero-order chi connectivity index (χ0) is 11.5. The van der Waals surface area contributed by atoms with Crippen LogP contribution in [-0.4, -0.2) is 9.97 Å². The van der Waals surface area contributed by atoms with Crippen molar-refractivity contribution in [2.24, 2.45) is 0 Å². The molecule has 2 aromatic rings. The van der Waals surface area contributed by atoms with Crippen LogP contribution >= 0.6 is 23.4 Å². The van der Waals surface area contributed by atoms with Gasteiger partial charge in [0.2, 0.25) is 0 Å². The summed E-state index contributed by atoms with van der Waals surface area (Å²) in [6.45, 7) is 1.92. The molecule has 0 saturated heterocycles. The van der Waals surface area contributed by atoms with Gasteiger partial charge in [-0.25, -0.2) is 9.97 Å². The summed E-state index contributed by atoms with van der Waals surface area (Å²) in [6, 6.07) is 7.28. The molecular formula is C11H10ClN3S.